The van der Waals surface area contributed by atoms with E-state index >= 15 is 0 Å². The average molecular weight is 485 g/mol. The lowest BCUT2D eigenvalue weighted by atomic mass is 10.1. The molecule has 1 aromatic heterocycles. The predicted octanol–water partition coefficient (Wildman–Crippen LogP) is 6.54. The summed E-state index contributed by atoms with van der Waals surface area (Å²) >= 11 is 1.94. The van der Waals surface area contributed by atoms with E-state index in [2.05, 4.69) is 4.74 Å². The lowest BCUT2D eigenvalue weighted by molar-refractivity contribution is -0.0498. The lowest BCUT2D eigenvalue weighted by Gasteiger charge is -2.14. The molecule has 3 aromatic rings. The molecular formula is C22H20F4N2O2S2. The number of hydrogen-bond donors (Lipinski definition) is 0. The fraction of sp³-hybridized carbons (Fsp3) is 0.318. The Labute approximate surface area is 190 Å². The molecule has 1 saturated heterocycles. The van der Waals surface area contributed by atoms with Gasteiger partial charge in [0.15, 0.2) is 4.80 Å². The SMILES string of the molecule is FC(F)Oc1ccc(-c2csc(=Nc3ccc(SC(F)F)cc3)n2C[C@@H]2CCCO2)cc1. The Bertz CT molecular complexity index is 1080. The Morgan fingerprint density at radius 3 is 2.47 bits per heavy atom. The number of nitrogens with zero attached hydrogens (tertiary/aromatic N) is 2. The van der Waals surface area contributed by atoms with E-state index in [0.717, 1.165) is 35.5 Å². The molecule has 1 atom stereocenters. The van der Waals surface area contributed by atoms with E-state index in [-0.39, 0.29) is 11.9 Å². The molecule has 0 unspecified atom stereocenters. The van der Waals surface area contributed by atoms with Crippen LogP contribution in [0.3, 0.4) is 0 Å². The zero-order valence-corrected chi connectivity index (χ0v) is 18.4. The molecular weight excluding hydrogens is 464 g/mol. The van der Waals surface area contributed by atoms with E-state index in [9.17, 15) is 17.6 Å². The van der Waals surface area contributed by atoms with E-state index in [4.69, 9.17) is 9.73 Å². The number of aromatic nitrogens is 1. The highest BCUT2D eigenvalue weighted by Gasteiger charge is 2.19. The maximum atomic E-state index is 12.5. The zero-order chi connectivity index (χ0) is 22.5. The molecule has 1 aliphatic rings. The first-order chi connectivity index (χ1) is 15.5. The van der Waals surface area contributed by atoms with Crippen LogP contribution in [-0.2, 0) is 11.3 Å². The van der Waals surface area contributed by atoms with Gasteiger partial charge >= 0.3 is 6.61 Å². The second kappa shape index (κ2) is 10.5. The van der Waals surface area contributed by atoms with Crippen LogP contribution in [0.1, 0.15) is 12.8 Å². The second-order valence-corrected chi connectivity index (χ2v) is 8.94. The van der Waals surface area contributed by atoms with Crippen molar-refractivity contribution in [1.29, 1.82) is 0 Å². The summed E-state index contributed by atoms with van der Waals surface area (Å²) < 4.78 is 62.3. The summed E-state index contributed by atoms with van der Waals surface area (Å²) in [7, 11) is 0. The third kappa shape index (κ3) is 5.93. The molecule has 0 spiro atoms. The summed E-state index contributed by atoms with van der Waals surface area (Å²) in [5.74, 6) is -2.37. The minimum absolute atomic E-state index is 0.0635. The number of thiazole rings is 1. The molecule has 1 fully saturated rings. The van der Waals surface area contributed by atoms with Crippen LogP contribution in [0.15, 0.2) is 63.8 Å². The van der Waals surface area contributed by atoms with Gasteiger partial charge in [-0.15, -0.1) is 11.3 Å². The third-order valence-corrected chi connectivity index (χ3v) is 6.46. The molecule has 2 aromatic carbocycles. The Morgan fingerprint density at radius 2 is 1.84 bits per heavy atom. The highest BCUT2D eigenvalue weighted by molar-refractivity contribution is 7.99. The summed E-state index contributed by atoms with van der Waals surface area (Å²) in [6.45, 7) is -1.55. The molecule has 2 heterocycles. The quantitative estimate of drug-likeness (QED) is 0.269. The van der Waals surface area contributed by atoms with E-state index < -0.39 is 12.4 Å². The van der Waals surface area contributed by atoms with Crippen LogP contribution in [0.5, 0.6) is 5.75 Å². The summed E-state index contributed by atoms with van der Waals surface area (Å²) in [6, 6.07) is 13.1. The number of rotatable bonds is 8. The topological polar surface area (TPSA) is 35.8 Å². The molecule has 4 nitrogen and oxygen atoms in total. The van der Waals surface area contributed by atoms with Gasteiger partial charge in [0.05, 0.1) is 24.0 Å². The molecule has 0 aliphatic carbocycles. The fourth-order valence-corrected chi connectivity index (χ4v) is 4.88. The minimum Gasteiger partial charge on any atom is -0.435 e. The van der Waals surface area contributed by atoms with Crippen molar-refractivity contribution in [2.75, 3.05) is 6.61 Å². The van der Waals surface area contributed by atoms with Crippen LogP contribution >= 0.6 is 23.1 Å². The number of hydrogen-bond acceptors (Lipinski definition) is 5. The van der Waals surface area contributed by atoms with Gasteiger partial charge in [-0.05, 0) is 66.9 Å². The lowest BCUT2D eigenvalue weighted by Crippen LogP contribution is -2.24. The molecule has 0 bridgehead atoms. The van der Waals surface area contributed by atoms with E-state index in [0.29, 0.717) is 28.9 Å². The zero-order valence-electron chi connectivity index (χ0n) is 16.8. The van der Waals surface area contributed by atoms with Crippen molar-refractivity contribution < 1.29 is 27.0 Å². The Balaban J connectivity index is 1.66. The summed E-state index contributed by atoms with van der Waals surface area (Å²) in [5, 5.41) is 1.96. The largest absolute Gasteiger partial charge is 0.435 e. The second-order valence-electron chi connectivity index (χ2n) is 7.04. The maximum Gasteiger partial charge on any atom is 0.387 e. The van der Waals surface area contributed by atoms with Gasteiger partial charge in [-0.3, -0.25) is 0 Å². The van der Waals surface area contributed by atoms with Crippen molar-refractivity contribution in [3.8, 4) is 17.0 Å². The molecule has 32 heavy (non-hydrogen) atoms. The monoisotopic (exact) mass is 484 g/mol. The standard InChI is InChI=1S/C22H20F4N2O2S2/c23-20(24)30-16-7-3-14(4-8-16)19-13-31-22(28(19)12-17-2-1-11-29-17)27-15-5-9-18(10-6-15)32-21(25)26/h3-10,13,17,20-21H,1-2,11-12H2/t17-/m0/s1. The van der Waals surface area contributed by atoms with Crippen LogP contribution in [0, 0.1) is 0 Å². The van der Waals surface area contributed by atoms with Crippen LogP contribution in [0.4, 0.5) is 23.2 Å². The van der Waals surface area contributed by atoms with Crippen molar-refractivity contribution in [1.82, 2.24) is 4.57 Å². The van der Waals surface area contributed by atoms with Gasteiger partial charge in [-0.25, -0.2) is 4.99 Å². The van der Waals surface area contributed by atoms with Crippen LogP contribution in [0.2, 0.25) is 0 Å². The van der Waals surface area contributed by atoms with Gasteiger partial charge in [-0.1, -0.05) is 11.8 Å². The van der Waals surface area contributed by atoms with E-state index in [1.54, 1.807) is 36.4 Å². The molecule has 10 heteroatoms. The summed E-state index contributed by atoms with van der Waals surface area (Å²) in [6.07, 6.45) is 2.01. The van der Waals surface area contributed by atoms with Crippen molar-refractivity contribution in [3.63, 3.8) is 0 Å². The van der Waals surface area contributed by atoms with Crippen molar-refractivity contribution >= 4 is 28.8 Å². The summed E-state index contributed by atoms with van der Waals surface area (Å²) in [4.78, 5) is 5.92. The number of thioether (sulfide) groups is 1. The van der Waals surface area contributed by atoms with Gasteiger partial charge in [0.2, 0.25) is 0 Å². The smallest absolute Gasteiger partial charge is 0.387 e. The minimum atomic E-state index is -2.87. The molecule has 0 radical (unpaired) electrons. The molecule has 170 valence electrons. The van der Waals surface area contributed by atoms with Crippen LogP contribution in [0.25, 0.3) is 11.3 Å². The van der Waals surface area contributed by atoms with Crippen molar-refractivity contribution in [2.45, 2.75) is 42.8 Å². The normalized spacial score (nSPS) is 16.9. The van der Waals surface area contributed by atoms with E-state index in [1.807, 2.05) is 9.95 Å². The Morgan fingerprint density at radius 1 is 1.09 bits per heavy atom. The van der Waals surface area contributed by atoms with Gasteiger partial charge in [0, 0.05) is 16.9 Å². The number of alkyl halides is 4. The third-order valence-electron chi connectivity index (χ3n) is 4.87. The number of ether oxygens (including phenoxy) is 2. The molecule has 1 aliphatic heterocycles. The fourth-order valence-electron chi connectivity index (χ4n) is 3.44. The van der Waals surface area contributed by atoms with Crippen molar-refractivity contribution in [3.05, 3.63) is 58.7 Å². The van der Waals surface area contributed by atoms with Crippen LogP contribution in [-0.4, -0.2) is 29.6 Å². The molecule has 0 N–H and O–H groups in total. The van der Waals surface area contributed by atoms with Gasteiger partial charge in [-0.2, -0.15) is 17.6 Å². The Hall–Kier alpha value is -2.30. The maximum absolute atomic E-state index is 12.5. The molecule has 4 rings (SSSR count). The average Bonchev–Trinajstić information content (AvgIpc) is 3.40. The first-order valence-corrected chi connectivity index (χ1v) is 11.7. The Kier molecular flexibility index (Phi) is 7.54. The highest BCUT2D eigenvalue weighted by atomic mass is 32.2. The van der Waals surface area contributed by atoms with E-state index in [1.165, 1.54) is 23.5 Å². The van der Waals surface area contributed by atoms with Crippen LogP contribution < -0.4 is 9.54 Å². The molecule has 0 saturated carbocycles. The first kappa shape index (κ1) is 22.9. The van der Waals surface area contributed by atoms with Gasteiger partial charge < -0.3 is 14.0 Å². The summed E-state index contributed by atoms with van der Waals surface area (Å²) in [5.41, 5.74) is 2.38. The highest BCUT2D eigenvalue weighted by Crippen LogP contribution is 2.28. The molecule has 0 amide bonds. The van der Waals surface area contributed by atoms with Crippen molar-refractivity contribution in [2.24, 2.45) is 4.99 Å². The van der Waals surface area contributed by atoms with Gasteiger partial charge in [0.1, 0.15) is 5.75 Å². The number of benzene rings is 2. The number of halogens is 4. The van der Waals surface area contributed by atoms with Gasteiger partial charge in [0.25, 0.3) is 5.76 Å². The first-order valence-electron chi connectivity index (χ1n) is 9.93. The predicted molar refractivity (Wildman–Crippen MR) is 117 cm³/mol.